The van der Waals surface area contributed by atoms with Crippen LogP contribution in [0, 0.1) is 5.92 Å². The summed E-state index contributed by atoms with van der Waals surface area (Å²) in [6, 6.07) is 5.29. The second-order valence-corrected chi connectivity index (χ2v) is 5.27. The van der Waals surface area contributed by atoms with Crippen LogP contribution in [0.5, 0.6) is 0 Å². The summed E-state index contributed by atoms with van der Waals surface area (Å²) in [7, 11) is 0. The number of benzene rings is 1. The molecule has 2 aliphatic heterocycles. The summed E-state index contributed by atoms with van der Waals surface area (Å²) in [5.41, 5.74) is 6.85. The van der Waals surface area contributed by atoms with Gasteiger partial charge in [0.15, 0.2) is 5.58 Å². The Bertz CT molecular complexity index is 650. The number of hydrogen-bond donors (Lipinski definition) is 2. The van der Waals surface area contributed by atoms with Gasteiger partial charge in [-0.15, -0.1) is 0 Å². The van der Waals surface area contributed by atoms with Crippen LogP contribution in [0.4, 0.5) is 0 Å². The molecule has 1 saturated carbocycles. The zero-order valence-corrected chi connectivity index (χ0v) is 9.77. The Morgan fingerprint density at radius 3 is 3.00 bits per heavy atom. The topological polar surface area (TPSA) is 81.2 Å². The third-order valence-electron chi connectivity index (χ3n) is 4.09. The molecule has 2 aromatic rings. The molecule has 2 saturated heterocycles. The number of nitrogens with two attached hydrogens (primary N) is 1. The number of para-hydroxylation sites is 1. The van der Waals surface area contributed by atoms with E-state index in [0.29, 0.717) is 22.6 Å². The van der Waals surface area contributed by atoms with Crippen molar-refractivity contribution < 1.29 is 9.21 Å². The summed E-state index contributed by atoms with van der Waals surface area (Å²) in [6.07, 6.45) is 2.15. The van der Waals surface area contributed by atoms with E-state index in [0.717, 1.165) is 25.3 Å². The Kier molecular flexibility index (Phi) is 1.74. The van der Waals surface area contributed by atoms with Crippen molar-refractivity contribution in [2.45, 2.75) is 18.4 Å². The fourth-order valence-electron chi connectivity index (χ4n) is 3.15. The van der Waals surface area contributed by atoms with Crippen LogP contribution in [0.15, 0.2) is 22.6 Å². The van der Waals surface area contributed by atoms with Crippen LogP contribution < -0.4 is 11.1 Å². The molecule has 18 heavy (non-hydrogen) atoms. The largest absolute Gasteiger partial charge is 0.438 e. The van der Waals surface area contributed by atoms with Gasteiger partial charge in [0.25, 0.3) is 5.91 Å². The number of oxazole rings is 1. The monoisotopic (exact) mass is 243 g/mol. The third kappa shape index (κ3) is 1.14. The zero-order chi connectivity index (χ0) is 12.3. The lowest BCUT2D eigenvalue weighted by Gasteiger charge is -2.34. The second-order valence-electron chi connectivity index (χ2n) is 5.27. The van der Waals surface area contributed by atoms with Crippen molar-refractivity contribution in [2.24, 2.45) is 11.7 Å². The maximum Gasteiger partial charge on any atom is 0.252 e. The predicted octanol–water partition coefficient (Wildman–Crippen LogP) is 1.14. The first kappa shape index (κ1) is 10.1. The van der Waals surface area contributed by atoms with Crippen LogP contribution >= 0.6 is 0 Å². The van der Waals surface area contributed by atoms with Crippen LogP contribution in [-0.2, 0) is 5.54 Å². The number of primary amides is 1. The van der Waals surface area contributed by atoms with E-state index in [2.05, 4.69) is 10.3 Å². The molecule has 0 unspecified atom stereocenters. The molecule has 3 heterocycles. The van der Waals surface area contributed by atoms with Gasteiger partial charge in [-0.1, -0.05) is 6.07 Å². The average Bonchev–Trinajstić information content (AvgIpc) is 2.99. The number of aromatic nitrogens is 1. The Morgan fingerprint density at radius 2 is 2.33 bits per heavy atom. The van der Waals surface area contributed by atoms with E-state index in [1.165, 1.54) is 0 Å². The molecule has 92 valence electrons. The molecular weight excluding hydrogens is 230 g/mol. The molecule has 0 radical (unpaired) electrons. The normalized spacial score (nSPS) is 29.4. The number of rotatable bonds is 2. The smallest absolute Gasteiger partial charge is 0.252 e. The van der Waals surface area contributed by atoms with Crippen LogP contribution in [0.2, 0.25) is 0 Å². The van der Waals surface area contributed by atoms with Crippen molar-refractivity contribution in [2.75, 3.05) is 6.54 Å². The predicted molar refractivity (Wildman–Crippen MR) is 64.9 cm³/mol. The molecular formula is C13H13N3O2. The van der Waals surface area contributed by atoms with Gasteiger partial charge in [0, 0.05) is 0 Å². The highest BCUT2D eigenvalue weighted by atomic mass is 16.4. The minimum Gasteiger partial charge on any atom is -0.438 e. The zero-order valence-electron chi connectivity index (χ0n) is 9.77. The standard InChI is InChI=1S/C13H13N3O2/c14-11(17)8-2-1-3-9-10(8)18-12(16-9)13-4-7(5-13)6-15-13/h1-3,7,15H,4-6H2,(H2,14,17). The number of amides is 1. The SMILES string of the molecule is NC(=O)c1cccc2nc(C34CC(CN3)C4)oc12. The Balaban J connectivity index is 1.89. The number of fused-ring (bicyclic) bond motifs is 2. The molecule has 1 aromatic carbocycles. The summed E-state index contributed by atoms with van der Waals surface area (Å²) < 4.78 is 5.81. The molecule has 1 aromatic heterocycles. The highest BCUT2D eigenvalue weighted by molar-refractivity contribution is 6.03. The van der Waals surface area contributed by atoms with Gasteiger partial charge in [0.2, 0.25) is 5.89 Å². The first-order chi connectivity index (χ1) is 8.68. The van der Waals surface area contributed by atoms with Gasteiger partial charge >= 0.3 is 0 Å². The summed E-state index contributed by atoms with van der Waals surface area (Å²) in [4.78, 5) is 15.9. The third-order valence-corrected chi connectivity index (χ3v) is 4.09. The summed E-state index contributed by atoms with van der Waals surface area (Å²) in [5.74, 6) is 0.960. The molecule has 5 rings (SSSR count). The number of nitrogens with one attached hydrogen (secondary N) is 1. The summed E-state index contributed by atoms with van der Waals surface area (Å²) in [5, 5.41) is 3.46. The molecule has 1 amide bonds. The van der Waals surface area contributed by atoms with Crippen molar-refractivity contribution in [3.8, 4) is 0 Å². The van der Waals surface area contributed by atoms with Gasteiger partial charge in [-0.2, -0.15) is 0 Å². The van der Waals surface area contributed by atoms with Crippen LogP contribution in [-0.4, -0.2) is 17.4 Å². The quantitative estimate of drug-likeness (QED) is 0.828. The lowest BCUT2D eigenvalue weighted by Crippen LogP contribution is -2.40. The maximum absolute atomic E-state index is 11.4. The lowest BCUT2D eigenvalue weighted by atomic mass is 9.73. The average molecular weight is 243 g/mol. The van der Waals surface area contributed by atoms with Crippen molar-refractivity contribution >= 4 is 17.0 Å². The number of carbonyl (C=O) groups excluding carboxylic acids is 1. The number of nitrogens with zero attached hydrogens (tertiary/aromatic N) is 1. The van der Waals surface area contributed by atoms with Crippen LogP contribution in [0.3, 0.4) is 0 Å². The minimum atomic E-state index is -0.480. The van der Waals surface area contributed by atoms with E-state index in [1.807, 2.05) is 6.07 Å². The molecule has 3 N–H and O–H groups in total. The van der Waals surface area contributed by atoms with E-state index >= 15 is 0 Å². The van der Waals surface area contributed by atoms with Crippen molar-refractivity contribution in [3.63, 3.8) is 0 Å². The van der Waals surface area contributed by atoms with Crippen LogP contribution in [0.25, 0.3) is 11.1 Å². The molecule has 3 fully saturated rings. The van der Waals surface area contributed by atoms with E-state index in [9.17, 15) is 4.79 Å². The Hall–Kier alpha value is -1.88. The number of hydrogen-bond acceptors (Lipinski definition) is 4. The van der Waals surface area contributed by atoms with Gasteiger partial charge in [-0.3, -0.25) is 4.79 Å². The van der Waals surface area contributed by atoms with Gasteiger partial charge in [-0.05, 0) is 37.4 Å². The summed E-state index contributed by atoms with van der Waals surface area (Å²) in [6.45, 7) is 1.03. The molecule has 1 aliphatic carbocycles. The second kappa shape index (κ2) is 3.11. The van der Waals surface area contributed by atoms with Crippen molar-refractivity contribution in [1.29, 1.82) is 0 Å². The minimum absolute atomic E-state index is 0.0986. The first-order valence-corrected chi connectivity index (χ1v) is 6.13. The lowest BCUT2D eigenvalue weighted by molar-refractivity contribution is 0.100. The van der Waals surface area contributed by atoms with Crippen molar-refractivity contribution in [1.82, 2.24) is 10.3 Å². The molecule has 2 bridgehead atoms. The van der Waals surface area contributed by atoms with Gasteiger partial charge in [0.1, 0.15) is 5.52 Å². The highest BCUT2D eigenvalue weighted by Crippen LogP contribution is 2.50. The number of carbonyl (C=O) groups is 1. The first-order valence-electron chi connectivity index (χ1n) is 6.13. The Morgan fingerprint density at radius 1 is 1.50 bits per heavy atom. The highest BCUT2D eigenvalue weighted by Gasteiger charge is 2.54. The van der Waals surface area contributed by atoms with E-state index < -0.39 is 5.91 Å². The molecule has 5 heteroatoms. The van der Waals surface area contributed by atoms with E-state index in [1.54, 1.807) is 12.1 Å². The van der Waals surface area contributed by atoms with Gasteiger partial charge in [0.05, 0.1) is 11.1 Å². The van der Waals surface area contributed by atoms with E-state index in [-0.39, 0.29) is 5.54 Å². The molecule has 3 aliphatic rings. The molecule has 0 atom stereocenters. The maximum atomic E-state index is 11.4. The van der Waals surface area contributed by atoms with Crippen molar-refractivity contribution in [3.05, 3.63) is 29.7 Å². The van der Waals surface area contributed by atoms with E-state index in [4.69, 9.17) is 10.2 Å². The van der Waals surface area contributed by atoms with Gasteiger partial charge < -0.3 is 15.5 Å². The van der Waals surface area contributed by atoms with Crippen LogP contribution in [0.1, 0.15) is 29.1 Å². The fraction of sp³-hybridized carbons (Fsp3) is 0.385. The summed E-state index contributed by atoms with van der Waals surface area (Å²) >= 11 is 0. The molecule has 5 nitrogen and oxygen atoms in total. The molecule has 0 spiro atoms. The Labute approximate surface area is 103 Å². The van der Waals surface area contributed by atoms with Gasteiger partial charge in [-0.25, -0.2) is 4.98 Å². The fourth-order valence-corrected chi connectivity index (χ4v) is 3.15.